The van der Waals surface area contributed by atoms with E-state index in [0.29, 0.717) is 11.3 Å². The van der Waals surface area contributed by atoms with Crippen molar-refractivity contribution in [3.63, 3.8) is 0 Å². The Morgan fingerprint density at radius 3 is 2.57 bits per heavy atom. The molecular weight excluding hydrogens is 195 g/mol. The van der Waals surface area contributed by atoms with Crippen LogP contribution in [0.3, 0.4) is 0 Å². The summed E-state index contributed by atoms with van der Waals surface area (Å²) in [5.41, 5.74) is -0.315. The first kappa shape index (κ1) is 8.98. The second kappa shape index (κ2) is 2.70. The van der Waals surface area contributed by atoms with Gasteiger partial charge in [-0.05, 0) is 19.1 Å². The number of aryl methyl sites for hydroxylation is 1. The summed E-state index contributed by atoms with van der Waals surface area (Å²) >= 11 is 0. The quantitative estimate of drug-likeness (QED) is 0.710. The van der Waals surface area contributed by atoms with Gasteiger partial charge in [0, 0.05) is 0 Å². The van der Waals surface area contributed by atoms with Gasteiger partial charge in [0.25, 0.3) is 0 Å². The molecule has 0 amide bonds. The Morgan fingerprint density at radius 2 is 1.93 bits per heavy atom. The average Bonchev–Trinajstić information content (AvgIpc) is 2.41. The van der Waals surface area contributed by atoms with Gasteiger partial charge in [0.1, 0.15) is 11.5 Å². The van der Waals surface area contributed by atoms with Gasteiger partial charge < -0.3 is 4.98 Å². The standard InChI is InChI=1S/C8H6F3N3/c1-4-12-5-2-3-6(8(9,10)11)14-7(5)13-4/h2-3H,1H3,(H,12,13,14). The molecule has 0 unspecified atom stereocenters. The Balaban J connectivity index is 2.62. The molecule has 0 saturated heterocycles. The molecule has 0 spiro atoms. The molecule has 0 aromatic carbocycles. The molecule has 0 radical (unpaired) electrons. The minimum atomic E-state index is -4.42. The Labute approximate surface area is 77.0 Å². The van der Waals surface area contributed by atoms with Gasteiger partial charge in [0.2, 0.25) is 0 Å². The molecule has 14 heavy (non-hydrogen) atoms. The van der Waals surface area contributed by atoms with E-state index in [2.05, 4.69) is 15.0 Å². The zero-order valence-electron chi connectivity index (χ0n) is 7.18. The smallest absolute Gasteiger partial charge is 0.341 e. The fraction of sp³-hybridized carbons (Fsp3) is 0.250. The van der Waals surface area contributed by atoms with E-state index in [9.17, 15) is 13.2 Å². The highest BCUT2D eigenvalue weighted by Crippen LogP contribution is 2.28. The van der Waals surface area contributed by atoms with Crippen molar-refractivity contribution in [1.82, 2.24) is 15.0 Å². The van der Waals surface area contributed by atoms with E-state index in [1.165, 1.54) is 6.07 Å². The normalized spacial score (nSPS) is 12.3. The number of nitrogens with one attached hydrogen (secondary N) is 1. The van der Waals surface area contributed by atoms with Crippen molar-refractivity contribution < 1.29 is 13.2 Å². The fourth-order valence-electron chi connectivity index (χ4n) is 1.17. The molecule has 2 aromatic rings. The van der Waals surface area contributed by atoms with Gasteiger partial charge in [-0.15, -0.1) is 0 Å². The van der Waals surface area contributed by atoms with Gasteiger partial charge >= 0.3 is 6.18 Å². The van der Waals surface area contributed by atoms with Crippen LogP contribution in [0.5, 0.6) is 0 Å². The van der Waals surface area contributed by atoms with Crippen molar-refractivity contribution in [2.24, 2.45) is 0 Å². The fourth-order valence-corrected chi connectivity index (χ4v) is 1.17. The molecule has 0 aliphatic rings. The van der Waals surface area contributed by atoms with Crippen LogP contribution in [-0.4, -0.2) is 15.0 Å². The summed E-state index contributed by atoms with van der Waals surface area (Å²) < 4.78 is 36.7. The number of fused-ring (bicyclic) bond motifs is 1. The van der Waals surface area contributed by atoms with Crippen molar-refractivity contribution in [2.45, 2.75) is 13.1 Å². The second-order valence-electron chi connectivity index (χ2n) is 2.89. The highest BCUT2D eigenvalue weighted by atomic mass is 19.4. The van der Waals surface area contributed by atoms with Gasteiger partial charge in [0.05, 0.1) is 5.52 Å². The molecule has 0 bridgehead atoms. The zero-order chi connectivity index (χ0) is 10.3. The summed E-state index contributed by atoms with van der Waals surface area (Å²) in [4.78, 5) is 10.0. The number of hydrogen-bond donors (Lipinski definition) is 1. The zero-order valence-corrected chi connectivity index (χ0v) is 7.18. The monoisotopic (exact) mass is 201 g/mol. The molecule has 2 aromatic heterocycles. The summed E-state index contributed by atoms with van der Waals surface area (Å²) in [5.74, 6) is 0.548. The van der Waals surface area contributed by atoms with Gasteiger partial charge in [-0.25, -0.2) is 9.97 Å². The topological polar surface area (TPSA) is 41.6 Å². The van der Waals surface area contributed by atoms with E-state index in [0.717, 1.165) is 6.07 Å². The molecule has 2 rings (SSSR count). The maximum absolute atomic E-state index is 12.2. The molecule has 74 valence electrons. The molecule has 0 atom stereocenters. The molecule has 6 heteroatoms. The summed E-state index contributed by atoms with van der Waals surface area (Å²) in [7, 11) is 0. The molecule has 0 aliphatic carbocycles. The van der Waals surface area contributed by atoms with Gasteiger partial charge in [-0.1, -0.05) is 0 Å². The first-order valence-electron chi connectivity index (χ1n) is 3.87. The van der Waals surface area contributed by atoms with E-state index in [-0.39, 0.29) is 5.65 Å². The Kier molecular flexibility index (Phi) is 1.73. The Morgan fingerprint density at radius 1 is 1.21 bits per heavy atom. The van der Waals surface area contributed by atoms with E-state index in [1.54, 1.807) is 6.92 Å². The first-order chi connectivity index (χ1) is 6.47. The minimum absolute atomic E-state index is 0.0947. The third kappa shape index (κ3) is 1.43. The van der Waals surface area contributed by atoms with Crippen LogP contribution >= 0.6 is 0 Å². The van der Waals surface area contributed by atoms with E-state index < -0.39 is 11.9 Å². The van der Waals surface area contributed by atoms with Crippen LogP contribution < -0.4 is 0 Å². The number of imidazole rings is 1. The summed E-state index contributed by atoms with van der Waals surface area (Å²) in [6.07, 6.45) is -4.42. The van der Waals surface area contributed by atoms with E-state index >= 15 is 0 Å². The number of H-pyrrole nitrogens is 1. The van der Waals surface area contributed by atoms with Crippen molar-refractivity contribution in [3.8, 4) is 0 Å². The lowest BCUT2D eigenvalue weighted by atomic mass is 10.3. The minimum Gasteiger partial charge on any atom is -0.341 e. The van der Waals surface area contributed by atoms with Gasteiger partial charge in [-0.2, -0.15) is 13.2 Å². The van der Waals surface area contributed by atoms with Crippen molar-refractivity contribution in [2.75, 3.05) is 0 Å². The summed E-state index contributed by atoms with van der Waals surface area (Å²) in [5, 5.41) is 0. The average molecular weight is 201 g/mol. The highest BCUT2D eigenvalue weighted by Gasteiger charge is 2.32. The number of rotatable bonds is 0. The lowest BCUT2D eigenvalue weighted by Crippen LogP contribution is -2.07. The van der Waals surface area contributed by atoms with Crippen LogP contribution in [0.15, 0.2) is 12.1 Å². The van der Waals surface area contributed by atoms with Crippen LogP contribution in [0, 0.1) is 6.92 Å². The number of aromatic amines is 1. The van der Waals surface area contributed by atoms with Crippen LogP contribution in [0.2, 0.25) is 0 Å². The van der Waals surface area contributed by atoms with Gasteiger partial charge in [0.15, 0.2) is 5.65 Å². The summed E-state index contributed by atoms with van der Waals surface area (Å²) in [6, 6.07) is 2.26. The van der Waals surface area contributed by atoms with Crippen LogP contribution in [0.4, 0.5) is 13.2 Å². The number of pyridine rings is 1. The summed E-state index contributed by atoms with van der Waals surface area (Å²) in [6.45, 7) is 1.66. The number of hydrogen-bond acceptors (Lipinski definition) is 2. The molecule has 0 fully saturated rings. The third-order valence-electron chi connectivity index (χ3n) is 1.75. The number of alkyl halides is 3. The molecule has 0 aliphatic heterocycles. The van der Waals surface area contributed by atoms with Crippen molar-refractivity contribution >= 4 is 11.2 Å². The SMILES string of the molecule is Cc1nc2nc(C(F)(F)F)ccc2[nH]1. The van der Waals surface area contributed by atoms with Crippen LogP contribution in [0.25, 0.3) is 11.2 Å². The van der Waals surface area contributed by atoms with Crippen LogP contribution in [-0.2, 0) is 6.18 Å². The molecule has 3 nitrogen and oxygen atoms in total. The number of aromatic nitrogens is 3. The van der Waals surface area contributed by atoms with Crippen molar-refractivity contribution in [3.05, 3.63) is 23.7 Å². The lowest BCUT2D eigenvalue weighted by Gasteiger charge is -2.03. The van der Waals surface area contributed by atoms with Gasteiger partial charge in [-0.3, -0.25) is 0 Å². The lowest BCUT2D eigenvalue weighted by molar-refractivity contribution is -0.141. The Bertz CT molecular complexity index is 472. The number of nitrogens with zero attached hydrogens (tertiary/aromatic N) is 2. The maximum atomic E-state index is 12.2. The van der Waals surface area contributed by atoms with Crippen LogP contribution in [0.1, 0.15) is 11.5 Å². The Hall–Kier alpha value is -1.59. The maximum Gasteiger partial charge on any atom is 0.433 e. The molecule has 1 N–H and O–H groups in total. The number of halogens is 3. The largest absolute Gasteiger partial charge is 0.433 e. The highest BCUT2D eigenvalue weighted by molar-refractivity contribution is 5.70. The third-order valence-corrected chi connectivity index (χ3v) is 1.75. The molecule has 2 heterocycles. The molecule has 0 saturated carbocycles. The van der Waals surface area contributed by atoms with E-state index in [1.807, 2.05) is 0 Å². The predicted molar refractivity (Wildman–Crippen MR) is 43.6 cm³/mol. The van der Waals surface area contributed by atoms with Crippen molar-refractivity contribution in [1.29, 1.82) is 0 Å². The molecular formula is C8H6F3N3. The second-order valence-corrected chi connectivity index (χ2v) is 2.89. The van der Waals surface area contributed by atoms with E-state index in [4.69, 9.17) is 0 Å². The first-order valence-corrected chi connectivity index (χ1v) is 3.87. The predicted octanol–water partition coefficient (Wildman–Crippen LogP) is 2.29.